The first-order valence-corrected chi connectivity index (χ1v) is 9.40. The van der Waals surface area contributed by atoms with Gasteiger partial charge < -0.3 is 19.9 Å². The zero-order valence-electron chi connectivity index (χ0n) is 15.4. The normalized spacial score (nSPS) is 21.7. The molecule has 8 heteroatoms. The smallest absolute Gasteiger partial charge is 0.254 e. The van der Waals surface area contributed by atoms with Crippen molar-refractivity contribution in [2.24, 2.45) is 0 Å². The predicted octanol–water partition coefficient (Wildman–Crippen LogP) is 0.254. The van der Waals surface area contributed by atoms with Gasteiger partial charge in [0.25, 0.3) is 5.91 Å². The van der Waals surface area contributed by atoms with Crippen LogP contribution in [0.5, 0.6) is 5.75 Å². The van der Waals surface area contributed by atoms with Gasteiger partial charge in [0.1, 0.15) is 12.4 Å². The van der Waals surface area contributed by atoms with Gasteiger partial charge in [-0.15, -0.1) is 0 Å². The molecule has 0 aliphatic carbocycles. The first-order valence-electron chi connectivity index (χ1n) is 9.40. The Hall–Kier alpha value is -2.61. The van der Waals surface area contributed by atoms with Crippen LogP contribution < -0.4 is 20.3 Å². The second-order valence-corrected chi connectivity index (χ2v) is 7.31. The van der Waals surface area contributed by atoms with Crippen LogP contribution in [-0.2, 0) is 16.1 Å². The lowest BCUT2D eigenvalue weighted by molar-refractivity contribution is -0.125. The number of nitrogens with one attached hydrogen (secondary N) is 2. The number of amides is 3. The molecule has 1 fully saturated rings. The maximum atomic E-state index is 12.9. The molecule has 0 spiro atoms. The highest BCUT2D eigenvalue weighted by atomic mass is 16.5. The van der Waals surface area contributed by atoms with Crippen LogP contribution in [0.1, 0.15) is 35.7 Å². The molecule has 1 aromatic rings. The van der Waals surface area contributed by atoms with Crippen molar-refractivity contribution in [1.82, 2.24) is 15.5 Å². The van der Waals surface area contributed by atoms with E-state index in [4.69, 9.17) is 4.74 Å². The van der Waals surface area contributed by atoms with E-state index >= 15 is 0 Å². The Bertz CT molecular complexity index is 781. The molecule has 3 heterocycles. The van der Waals surface area contributed by atoms with Crippen LogP contribution in [0.4, 0.5) is 5.69 Å². The quantitative estimate of drug-likeness (QED) is 0.721. The monoisotopic (exact) mass is 372 g/mol. The van der Waals surface area contributed by atoms with Crippen LogP contribution in [0.25, 0.3) is 0 Å². The van der Waals surface area contributed by atoms with Gasteiger partial charge in [-0.25, -0.2) is 0 Å². The molecule has 2 N–H and O–H groups in total. The zero-order chi connectivity index (χ0) is 19.0. The minimum Gasteiger partial charge on any atom is -0.489 e. The number of imide groups is 1. The van der Waals surface area contributed by atoms with Crippen molar-refractivity contribution in [2.45, 2.75) is 38.4 Å². The van der Waals surface area contributed by atoms with E-state index in [1.165, 1.54) is 0 Å². The standard InChI is InChI=1S/C19H24N4O4/c1-12(2-5-17(25)21-11-24)23-9-15-14(19(23)26)3-4-16-18(15)27-10-13-8-20-6-7-22(13)16/h3-4,11-13,20H,2,5-10H2,1H3,(H,21,24,25). The summed E-state index contributed by atoms with van der Waals surface area (Å²) in [4.78, 5) is 38.9. The van der Waals surface area contributed by atoms with Crippen LogP contribution in [0.2, 0.25) is 0 Å². The van der Waals surface area contributed by atoms with Gasteiger partial charge in [-0.3, -0.25) is 19.7 Å². The molecule has 8 nitrogen and oxygen atoms in total. The van der Waals surface area contributed by atoms with E-state index in [0.717, 1.165) is 36.6 Å². The molecule has 144 valence electrons. The van der Waals surface area contributed by atoms with Crippen LogP contribution >= 0.6 is 0 Å². The average Bonchev–Trinajstić information content (AvgIpc) is 3.03. The minimum absolute atomic E-state index is 0.0258. The van der Waals surface area contributed by atoms with Gasteiger partial charge in [0.05, 0.1) is 18.3 Å². The molecular formula is C19H24N4O4. The summed E-state index contributed by atoms with van der Waals surface area (Å²) in [5, 5.41) is 5.52. The van der Waals surface area contributed by atoms with Crippen LogP contribution in [0.3, 0.4) is 0 Å². The van der Waals surface area contributed by atoms with Gasteiger partial charge >= 0.3 is 0 Å². The van der Waals surface area contributed by atoms with Crippen molar-refractivity contribution in [3.63, 3.8) is 0 Å². The minimum atomic E-state index is -0.327. The largest absolute Gasteiger partial charge is 0.489 e. The molecule has 4 rings (SSSR count). The van der Waals surface area contributed by atoms with Gasteiger partial charge in [-0.1, -0.05) is 0 Å². The SMILES string of the molecule is CC(CCC(=O)NC=O)N1Cc2c(ccc3c2OCC2CNCCN32)C1=O. The third-order valence-corrected chi connectivity index (χ3v) is 5.68. The Balaban J connectivity index is 1.52. The molecule has 0 aromatic heterocycles. The number of carbonyl (C=O) groups is 3. The molecular weight excluding hydrogens is 348 g/mol. The second-order valence-electron chi connectivity index (χ2n) is 7.31. The van der Waals surface area contributed by atoms with Gasteiger partial charge in [-0.2, -0.15) is 0 Å². The fourth-order valence-corrected chi connectivity index (χ4v) is 4.15. The number of hydrogen-bond donors (Lipinski definition) is 2. The first kappa shape index (κ1) is 17.8. The lowest BCUT2D eigenvalue weighted by atomic mass is 10.0. The van der Waals surface area contributed by atoms with E-state index in [2.05, 4.69) is 15.5 Å². The van der Waals surface area contributed by atoms with E-state index in [0.29, 0.717) is 37.6 Å². The van der Waals surface area contributed by atoms with E-state index in [-0.39, 0.29) is 24.3 Å². The topological polar surface area (TPSA) is 91.0 Å². The van der Waals surface area contributed by atoms with Crippen LogP contribution in [-0.4, -0.2) is 61.4 Å². The van der Waals surface area contributed by atoms with Crippen molar-refractivity contribution in [2.75, 3.05) is 31.1 Å². The number of piperazine rings is 1. The van der Waals surface area contributed by atoms with Gasteiger partial charge in [0.15, 0.2) is 0 Å². The van der Waals surface area contributed by atoms with Gasteiger partial charge in [0, 0.05) is 43.2 Å². The highest BCUT2D eigenvalue weighted by molar-refractivity contribution is 6.00. The maximum absolute atomic E-state index is 12.9. The Morgan fingerprint density at radius 3 is 3.15 bits per heavy atom. The molecule has 2 unspecified atom stereocenters. The van der Waals surface area contributed by atoms with E-state index in [1.54, 1.807) is 4.90 Å². The van der Waals surface area contributed by atoms with E-state index < -0.39 is 0 Å². The zero-order valence-corrected chi connectivity index (χ0v) is 15.4. The number of nitrogens with zero attached hydrogens (tertiary/aromatic N) is 2. The van der Waals surface area contributed by atoms with Crippen molar-refractivity contribution in [1.29, 1.82) is 0 Å². The molecule has 3 aliphatic heterocycles. The number of fused-ring (bicyclic) bond motifs is 5. The Morgan fingerprint density at radius 1 is 1.48 bits per heavy atom. The van der Waals surface area contributed by atoms with E-state index in [9.17, 15) is 14.4 Å². The molecule has 27 heavy (non-hydrogen) atoms. The van der Waals surface area contributed by atoms with Crippen molar-refractivity contribution >= 4 is 23.9 Å². The average molecular weight is 372 g/mol. The Kier molecular flexibility index (Phi) is 4.73. The van der Waals surface area contributed by atoms with Gasteiger partial charge in [0.2, 0.25) is 12.3 Å². The summed E-state index contributed by atoms with van der Waals surface area (Å²) in [6, 6.07) is 4.12. The van der Waals surface area contributed by atoms with Crippen molar-refractivity contribution in [3.05, 3.63) is 23.3 Å². The third-order valence-electron chi connectivity index (χ3n) is 5.68. The summed E-state index contributed by atoms with van der Waals surface area (Å²) in [5.74, 6) is 0.473. The summed E-state index contributed by atoms with van der Waals surface area (Å²) in [6.07, 6.45) is 1.09. The van der Waals surface area contributed by atoms with Crippen molar-refractivity contribution < 1.29 is 19.1 Å². The highest BCUT2D eigenvalue weighted by Crippen LogP contribution is 2.42. The number of carbonyl (C=O) groups excluding carboxylic acids is 3. The van der Waals surface area contributed by atoms with Crippen molar-refractivity contribution in [3.8, 4) is 5.75 Å². The van der Waals surface area contributed by atoms with E-state index in [1.807, 2.05) is 19.1 Å². The fraction of sp³-hybridized carbons (Fsp3) is 0.526. The molecule has 0 saturated carbocycles. The molecule has 2 atom stereocenters. The Labute approximate surface area is 157 Å². The summed E-state index contributed by atoms with van der Waals surface area (Å²) in [7, 11) is 0. The summed E-state index contributed by atoms with van der Waals surface area (Å²) in [6.45, 7) is 5.81. The van der Waals surface area contributed by atoms with Crippen LogP contribution in [0.15, 0.2) is 12.1 Å². The van der Waals surface area contributed by atoms with Gasteiger partial charge in [-0.05, 0) is 25.5 Å². The number of benzene rings is 1. The first-order chi connectivity index (χ1) is 13.1. The number of anilines is 1. The molecule has 0 radical (unpaired) electrons. The highest BCUT2D eigenvalue weighted by Gasteiger charge is 2.38. The summed E-state index contributed by atoms with van der Waals surface area (Å²) >= 11 is 0. The molecule has 3 aliphatic rings. The second kappa shape index (κ2) is 7.19. The fourth-order valence-electron chi connectivity index (χ4n) is 4.15. The molecule has 0 bridgehead atoms. The predicted molar refractivity (Wildman–Crippen MR) is 98.7 cm³/mol. The summed E-state index contributed by atoms with van der Waals surface area (Å²) in [5.41, 5.74) is 2.70. The molecule has 1 saturated heterocycles. The maximum Gasteiger partial charge on any atom is 0.254 e. The third kappa shape index (κ3) is 3.14. The number of rotatable bonds is 5. The number of ether oxygens (including phenoxy) is 1. The number of hydrogen-bond acceptors (Lipinski definition) is 6. The molecule has 1 aromatic carbocycles. The molecule has 3 amide bonds. The Morgan fingerprint density at radius 2 is 2.33 bits per heavy atom. The lowest BCUT2D eigenvalue weighted by Crippen LogP contribution is -2.55. The summed E-state index contributed by atoms with van der Waals surface area (Å²) < 4.78 is 6.08. The van der Waals surface area contributed by atoms with Crippen LogP contribution in [0, 0.1) is 0 Å². The lowest BCUT2D eigenvalue weighted by Gasteiger charge is -2.42.